The smallest absolute Gasteiger partial charge is 0.309 e. The molecule has 4 nitrogen and oxygen atoms in total. The molecule has 0 radical (unpaired) electrons. The van der Waals surface area contributed by atoms with Crippen LogP contribution >= 0.6 is 0 Å². The van der Waals surface area contributed by atoms with Gasteiger partial charge in [0.1, 0.15) is 6.61 Å². The van der Waals surface area contributed by atoms with E-state index in [4.69, 9.17) is 9.47 Å². The van der Waals surface area contributed by atoms with Crippen molar-refractivity contribution in [1.82, 2.24) is 4.90 Å². The predicted molar refractivity (Wildman–Crippen MR) is 67.2 cm³/mol. The van der Waals surface area contributed by atoms with Gasteiger partial charge in [-0.1, -0.05) is 6.42 Å². The summed E-state index contributed by atoms with van der Waals surface area (Å²) in [4.78, 5) is 14.3. The molecule has 102 valence electrons. The van der Waals surface area contributed by atoms with Crippen LogP contribution in [0.4, 0.5) is 0 Å². The molecule has 18 heavy (non-hydrogen) atoms. The van der Waals surface area contributed by atoms with E-state index in [1.54, 1.807) is 0 Å². The maximum Gasteiger partial charge on any atom is 0.309 e. The van der Waals surface area contributed by atoms with Crippen molar-refractivity contribution in [3.05, 3.63) is 0 Å². The predicted octanol–water partition coefficient (Wildman–Crippen LogP) is 1.30. The van der Waals surface area contributed by atoms with E-state index < -0.39 is 0 Å². The Kier molecular flexibility index (Phi) is 3.85. The first-order valence-electron chi connectivity index (χ1n) is 7.29. The average Bonchev–Trinajstić information content (AvgIpc) is 3.02. The second kappa shape index (κ2) is 5.57. The van der Waals surface area contributed by atoms with Gasteiger partial charge in [0, 0.05) is 19.6 Å². The summed E-state index contributed by atoms with van der Waals surface area (Å²) >= 11 is 0. The first-order valence-corrected chi connectivity index (χ1v) is 7.29. The number of carbonyl (C=O) groups is 1. The van der Waals surface area contributed by atoms with Crippen LogP contribution in [-0.4, -0.2) is 50.3 Å². The summed E-state index contributed by atoms with van der Waals surface area (Å²) in [6.07, 6.45) is 4.93. The first kappa shape index (κ1) is 12.4. The molecule has 0 amide bonds. The Bertz CT molecular complexity index is 301. The summed E-state index contributed by atoms with van der Waals surface area (Å²) < 4.78 is 10.8. The van der Waals surface area contributed by atoms with Crippen molar-refractivity contribution in [2.24, 2.45) is 17.8 Å². The van der Waals surface area contributed by atoms with Crippen molar-refractivity contribution < 1.29 is 14.3 Å². The molecule has 3 fully saturated rings. The minimum Gasteiger partial charge on any atom is -0.464 e. The second-order valence-corrected chi connectivity index (χ2v) is 5.90. The molecule has 4 heteroatoms. The molecule has 1 saturated heterocycles. The number of ether oxygens (including phenoxy) is 2. The van der Waals surface area contributed by atoms with Gasteiger partial charge in [0.2, 0.25) is 0 Å². The summed E-state index contributed by atoms with van der Waals surface area (Å²) in [6, 6.07) is 0. The van der Waals surface area contributed by atoms with Crippen LogP contribution in [0.15, 0.2) is 0 Å². The SMILES string of the molecule is O=C(OCCN1CCOCC1)C1CC2CCC1C2. The van der Waals surface area contributed by atoms with Crippen LogP contribution in [0, 0.1) is 17.8 Å². The van der Waals surface area contributed by atoms with Crippen molar-refractivity contribution >= 4 is 5.97 Å². The molecule has 0 spiro atoms. The molecule has 0 aromatic rings. The average molecular weight is 253 g/mol. The molecule has 0 N–H and O–H groups in total. The molecule has 0 aromatic carbocycles. The minimum atomic E-state index is 0.0652. The van der Waals surface area contributed by atoms with Gasteiger partial charge in [-0.25, -0.2) is 0 Å². The van der Waals surface area contributed by atoms with Gasteiger partial charge < -0.3 is 9.47 Å². The Morgan fingerprint density at radius 1 is 1.22 bits per heavy atom. The lowest BCUT2D eigenvalue weighted by atomic mass is 9.89. The summed E-state index contributed by atoms with van der Waals surface area (Å²) in [5, 5.41) is 0. The molecule has 2 bridgehead atoms. The van der Waals surface area contributed by atoms with E-state index in [1.807, 2.05) is 0 Å². The molecule has 2 aliphatic carbocycles. The van der Waals surface area contributed by atoms with Gasteiger partial charge in [0.25, 0.3) is 0 Å². The molecular weight excluding hydrogens is 230 g/mol. The topological polar surface area (TPSA) is 38.8 Å². The number of rotatable bonds is 4. The maximum absolute atomic E-state index is 12.0. The van der Waals surface area contributed by atoms with Crippen LogP contribution in [0.3, 0.4) is 0 Å². The lowest BCUT2D eigenvalue weighted by Gasteiger charge is -2.26. The number of nitrogens with zero attached hydrogens (tertiary/aromatic N) is 1. The summed E-state index contributed by atoms with van der Waals surface area (Å²) in [5.74, 6) is 1.72. The monoisotopic (exact) mass is 253 g/mol. The third-order valence-electron chi connectivity index (χ3n) is 4.80. The fourth-order valence-electron chi connectivity index (χ4n) is 3.74. The lowest BCUT2D eigenvalue weighted by molar-refractivity contribution is -0.151. The number of hydrogen-bond donors (Lipinski definition) is 0. The Labute approximate surface area is 109 Å². The van der Waals surface area contributed by atoms with Gasteiger partial charge in [0.15, 0.2) is 0 Å². The van der Waals surface area contributed by atoms with Crippen molar-refractivity contribution in [3.63, 3.8) is 0 Å². The number of esters is 1. The molecule has 1 aliphatic heterocycles. The van der Waals surface area contributed by atoms with Crippen molar-refractivity contribution in [2.75, 3.05) is 39.5 Å². The highest BCUT2D eigenvalue weighted by Crippen LogP contribution is 2.48. The molecule has 3 aliphatic rings. The molecule has 0 aromatic heterocycles. The molecular formula is C14H23NO3. The van der Waals surface area contributed by atoms with Gasteiger partial charge in [-0.05, 0) is 31.1 Å². The Hall–Kier alpha value is -0.610. The van der Waals surface area contributed by atoms with E-state index in [1.165, 1.54) is 19.3 Å². The number of fused-ring (bicyclic) bond motifs is 2. The summed E-state index contributed by atoms with van der Waals surface area (Å²) in [6.45, 7) is 4.95. The van der Waals surface area contributed by atoms with Gasteiger partial charge in [-0.2, -0.15) is 0 Å². The number of morpholine rings is 1. The standard InChI is InChI=1S/C14H23NO3/c16-14(13-10-11-1-2-12(13)9-11)18-8-5-15-3-6-17-7-4-15/h11-13H,1-10H2. The third kappa shape index (κ3) is 2.69. The summed E-state index contributed by atoms with van der Waals surface area (Å²) in [7, 11) is 0. The zero-order chi connectivity index (χ0) is 12.4. The largest absolute Gasteiger partial charge is 0.464 e. The minimum absolute atomic E-state index is 0.0652. The zero-order valence-corrected chi connectivity index (χ0v) is 11.0. The van der Waals surface area contributed by atoms with Crippen LogP contribution in [0.5, 0.6) is 0 Å². The Morgan fingerprint density at radius 2 is 2.06 bits per heavy atom. The van der Waals surface area contributed by atoms with E-state index in [9.17, 15) is 4.79 Å². The maximum atomic E-state index is 12.0. The fraction of sp³-hybridized carbons (Fsp3) is 0.929. The van der Waals surface area contributed by atoms with E-state index in [2.05, 4.69) is 4.90 Å². The van der Waals surface area contributed by atoms with E-state index in [0.29, 0.717) is 12.5 Å². The third-order valence-corrected chi connectivity index (χ3v) is 4.80. The second-order valence-electron chi connectivity index (χ2n) is 5.90. The molecule has 3 atom stereocenters. The zero-order valence-electron chi connectivity index (χ0n) is 11.0. The Balaban J connectivity index is 1.36. The van der Waals surface area contributed by atoms with Gasteiger partial charge in [-0.15, -0.1) is 0 Å². The fourth-order valence-corrected chi connectivity index (χ4v) is 3.74. The summed E-state index contributed by atoms with van der Waals surface area (Å²) in [5.41, 5.74) is 0. The van der Waals surface area contributed by atoms with Crippen LogP contribution in [0.2, 0.25) is 0 Å². The highest BCUT2D eigenvalue weighted by atomic mass is 16.5. The number of hydrogen-bond acceptors (Lipinski definition) is 4. The van der Waals surface area contributed by atoms with Crippen molar-refractivity contribution in [3.8, 4) is 0 Å². The van der Waals surface area contributed by atoms with Gasteiger partial charge in [-0.3, -0.25) is 9.69 Å². The van der Waals surface area contributed by atoms with Gasteiger partial charge in [0.05, 0.1) is 19.1 Å². The van der Waals surface area contributed by atoms with Crippen LogP contribution in [-0.2, 0) is 14.3 Å². The van der Waals surface area contributed by atoms with E-state index in [0.717, 1.165) is 45.2 Å². The normalized spacial score (nSPS) is 35.9. The van der Waals surface area contributed by atoms with Crippen molar-refractivity contribution in [2.45, 2.75) is 25.7 Å². The molecule has 3 unspecified atom stereocenters. The quantitative estimate of drug-likeness (QED) is 0.708. The van der Waals surface area contributed by atoms with Crippen LogP contribution in [0.25, 0.3) is 0 Å². The molecule has 3 rings (SSSR count). The highest BCUT2D eigenvalue weighted by molar-refractivity contribution is 5.73. The van der Waals surface area contributed by atoms with Crippen LogP contribution in [0.1, 0.15) is 25.7 Å². The van der Waals surface area contributed by atoms with Crippen molar-refractivity contribution in [1.29, 1.82) is 0 Å². The van der Waals surface area contributed by atoms with E-state index in [-0.39, 0.29) is 11.9 Å². The molecule has 2 saturated carbocycles. The highest BCUT2D eigenvalue weighted by Gasteiger charge is 2.43. The Morgan fingerprint density at radius 3 is 2.72 bits per heavy atom. The van der Waals surface area contributed by atoms with Crippen LogP contribution < -0.4 is 0 Å². The van der Waals surface area contributed by atoms with E-state index >= 15 is 0 Å². The lowest BCUT2D eigenvalue weighted by Crippen LogP contribution is -2.39. The molecule has 1 heterocycles. The van der Waals surface area contributed by atoms with Gasteiger partial charge >= 0.3 is 5.97 Å². The first-order chi connectivity index (χ1) is 8.83. The number of carbonyl (C=O) groups excluding carboxylic acids is 1.